The lowest BCUT2D eigenvalue weighted by Crippen LogP contribution is -2.44. The molecule has 2 aromatic carbocycles. The van der Waals surface area contributed by atoms with E-state index in [9.17, 15) is 63.9 Å². The summed E-state index contributed by atoms with van der Waals surface area (Å²) in [6.45, 7) is -0.821. The molecule has 10 rings (SSSR count). The number of benzene rings is 2. The molecule has 8 heterocycles. The van der Waals surface area contributed by atoms with Gasteiger partial charge in [0.2, 0.25) is 29.6 Å². The minimum absolute atomic E-state index is 0. The molecule has 88 heavy (non-hydrogen) atoms. The number of rotatable bonds is 14. The van der Waals surface area contributed by atoms with Crippen molar-refractivity contribution in [3.05, 3.63) is 97.1 Å². The van der Waals surface area contributed by atoms with Crippen molar-refractivity contribution >= 4 is 129 Å². The molecule has 0 aliphatic carbocycles. The van der Waals surface area contributed by atoms with Crippen LogP contribution in [-0.2, 0) is 67.7 Å². The number of carboxylic acid groups (broad SMARTS) is 1. The van der Waals surface area contributed by atoms with Gasteiger partial charge in [0.1, 0.15) is 56.0 Å². The smallest absolute Gasteiger partial charge is 0.408 e. The van der Waals surface area contributed by atoms with Crippen LogP contribution in [-0.4, -0.2) is 154 Å². The standard InChI is InChI=1S/C25H23F4N9O3.C15H13N5O3.C10H12F4N4O.CH4.ClH.S2.H2S/c1-13(39)22-17-6-14(15-8-31-24(30)32-9-15)2-3-18(17)38(35-22)11-21(40)37-10-16(26)7-19(37)23(41)33-20-4-5-36(34-20)12-25(27,28)29;1-8(21)14-11-4-9(10-5-17-15(16)18-6-10)2-3-12(11)20(19-14)7-13(22)23;11-6-3-7(15-4-6)9(19)16-8-1-2-18(17-8)5-10(12,13)14;;;1-2;/h2-6,8-9,16,19H,7,10-12H2,1H3,(H2,30,31,32)(H,33,34,41);2-6H,7H2,1H3,(H,22,23)(H2,16,17,18);1-2,6-7,15H,3-5H2,(H,16,17,19);1H4;1H;;1H2/t16-,19+;;6-,7+;;;;/m1.1..../s1. The van der Waals surface area contributed by atoms with Crippen molar-refractivity contribution in [2.75, 3.05) is 35.2 Å². The van der Waals surface area contributed by atoms with Crippen molar-refractivity contribution in [2.24, 2.45) is 0 Å². The van der Waals surface area contributed by atoms with Gasteiger partial charge in [-0.15, -0.1) is 12.4 Å². The summed E-state index contributed by atoms with van der Waals surface area (Å²) in [4.78, 5) is 89.8. The summed E-state index contributed by atoms with van der Waals surface area (Å²) >= 11 is 7.33. The zero-order valence-corrected chi connectivity index (χ0v) is 48.6. The Morgan fingerprint density at radius 3 is 1.48 bits per heavy atom. The number of aliphatic carboxylic acids is 1. The molecule has 0 saturated carbocycles. The SMILES string of the molecule is C.CC(=O)c1nn(CC(=O)N2C[C@H](F)C[C@H]2C(=O)Nc2ccn(CC(F)(F)F)n2)c2ccc(-c3cnc(N)nc3)cc12.CC(=O)c1nn(CC(=O)O)c2ccc(-c3cnc(N)nc3)cc12.Cl.O=C(Nc1ccn(CC(F)(F)F)n1)[C@@H]1C[C@@H](F)CN1.S.S=S. The first-order valence-electron chi connectivity index (χ1n) is 24.9. The average Bonchev–Trinajstić information content (AvgIpc) is 2.41. The van der Waals surface area contributed by atoms with E-state index >= 15 is 0 Å². The van der Waals surface area contributed by atoms with Crippen molar-refractivity contribution in [3.63, 3.8) is 0 Å². The van der Waals surface area contributed by atoms with E-state index in [4.69, 9.17) is 16.6 Å². The molecule has 2 fully saturated rings. The molecule has 0 bridgehead atoms. The third-order valence-corrected chi connectivity index (χ3v) is 12.5. The number of hydrogen-bond donors (Lipinski definition) is 6. The maximum Gasteiger partial charge on any atom is 0.408 e. The number of ketones is 2. The van der Waals surface area contributed by atoms with E-state index in [1.807, 2.05) is 0 Å². The number of alkyl halides is 8. The third kappa shape index (κ3) is 18.9. The number of carboxylic acids is 1. The summed E-state index contributed by atoms with van der Waals surface area (Å²) in [5, 5.41) is 33.0. The molecule has 3 amide bonds. The number of carbonyl (C=O) groups excluding carboxylic acids is 5. The largest absolute Gasteiger partial charge is 0.480 e. The Morgan fingerprint density at radius 2 is 1.08 bits per heavy atom. The number of likely N-dealkylation sites (tertiary alicyclic amines) is 1. The topological polar surface area (TPSA) is 337 Å². The van der Waals surface area contributed by atoms with E-state index in [-0.39, 0.29) is 112 Å². The Labute approximate surface area is 516 Å². The number of nitrogens with zero attached hydrogens (tertiary/aromatic N) is 13. The summed E-state index contributed by atoms with van der Waals surface area (Å²) in [6, 6.07) is 10.9. The Morgan fingerprint density at radius 1 is 0.648 bits per heavy atom. The fourth-order valence-electron chi connectivity index (χ4n) is 8.82. The van der Waals surface area contributed by atoms with Crippen LogP contribution in [0.25, 0.3) is 44.1 Å². The summed E-state index contributed by atoms with van der Waals surface area (Å²) in [5.74, 6) is -3.41. The predicted molar refractivity (Wildman–Crippen MR) is 317 cm³/mol. The molecule has 8 aromatic rings. The minimum atomic E-state index is -4.51. The second kappa shape index (κ2) is 30.7. The van der Waals surface area contributed by atoms with Gasteiger partial charge in [0.25, 0.3) is 0 Å². The van der Waals surface area contributed by atoms with E-state index in [2.05, 4.69) is 78.7 Å². The van der Waals surface area contributed by atoms with E-state index in [0.717, 1.165) is 28.4 Å². The number of carbonyl (C=O) groups is 6. The maximum atomic E-state index is 14.4. The predicted octanol–water partition coefficient (Wildman–Crippen LogP) is 6.23. The first-order chi connectivity index (χ1) is 40.2. The maximum absolute atomic E-state index is 14.4. The molecule has 8 N–H and O–H groups in total. The van der Waals surface area contributed by atoms with Crippen LogP contribution < -0.4 is 27.4 Å². The molecule has 2 aliphatic rings. The number of fused-ring (bicyclic) bond motifs is 2. The van der Waals surface area contributed by atoms with Gasteiger partial charge in [-0.2, -0.15) is 60.2 Å². The van der Waals surface area contributed by atoms with Gasteiger partial charge >= 0.3 is 18.3 Å². The number of anilines is 4. The lowest BCUT2D eigenvalue weighted by atomic mass is 10.0. The molecule has 4 atom stereocenters. The zero-order chi connectivity index (χ0) is 62.1. The Kier molecular flexibility index (Phi) is 25.1. The molecule has 0 unspecified atom stereocenters. The monoisotopic (exact) mass is 1310 g/mol. The van der Waals surface area contributed by atoms with E-state index in [1.165, 1.54) is 47.7 Å². The Hall–Kier alpha value is -8.74. The van der Waals surface area contributed by atoms with Gasteiger partial charge in [0, 0.05) is 127 Å². The normalized spacial score (nSPS) is 16.0. The van der Waals surface area contributed by atoms with Crippen LogP contribution in [0, 0.1) is 0 Å². The number of halogens is 9. The molecular formula is C51H55ClF8N18O7S3. The van der Waals surface area contributed by atoms with Crippen molar-refractivity contribution in [1.82, 2.24) is 69.3 Å². The molecule has 25 nitrogen and oxygen atoms in total. The number of Topliss-reactive ketones (excluding diaryl/α,β-unsaturated/α-hetero) is 2. The fourth-order valence-corrected chi connectivity index (χ4v) is 8.82. The molecule has 0 radical (unpaired) electrons. The van der Waals surface area contributed by atoms with Crippen LogP contribution in [0.3, 0.4) is 0 Å². The number of nitrogen functional groups attached to an aromatic ring is 2. The van der Waals surface area contributed by atoms with Gasteiger partial charge in [-0.05, 0) is 35.4 Å². The summed E-state index contributed by atoms with van der Waals surface area (Å²) in [7, 11) is 0. The van der Waals surface area contributed by atoms with Crippen molar-refractivity contribution in [3.8, 4) is 22.3 Å². The van der Waals surface area contributed by atoms with E-state index in [0.29, 0.717) is 42.3 Å². The average molecular weight is 1320 g/mol. The van der Waals surface area contributed by atoms with Crippen LogP contribution in [0.15, 0.2) is 85.7 Å². The van der Waals surface area contributed by atoms with Gasteiger partial charge in [-0.3, -0.25) is 47.5 Å². The Balaban J connectivity index is 0.000000299. The zero-order valence-electron chi connectivity index (χ0n) is 45.2. The highest BCUT2D eigenvalue weighted by Gasteiger charge is 2.41. The van der Waals surface area contributed by atoms with Crippen LogP contribution in [0.1, 0.15) is 55.1 Å². The highest BCUT2D eigenvalue weighted by Crippen LogP contribution is 2.30. The second-order valence-electron chi connectivity index (χ2n) is 18.8. The molecule has 2 saturated heterocycles. The van der Waals surface area contributed by atoms with Crippen molar-refractivity contribution in [2.45, 2.75) is 97.1 Å². The molecule has 6 aromatic heterocycles. The van der Waals surface area contributed by atoms with Gasteiger partial charge in [0.15, 0.2) is 23.2 Å². The third-order valence-electron chi connectivity index (χ3n) is 12.5. The number of aromatic nitrogens is 12. The molecule has 2 aliphatic heterocycles. The lowest BCUT2D eigenvalue weighted by molar-refractivity contribution is -0.143. The van der Waals surface area contributed by atoms with Gasteiger partial charge < -0.3 is 37.4 Å². The van der Waals surface area contributed by atoms with Crippen molar-refractivity contribution in [1.29, 1.82) is 0 Å². The molecular weight excluding hydrogens is 1260 g/mol. The lowest BCUT2D eigenvalue weighted by Gasteiger charge is -2.23. The molecule has 37 heteroatoms. The number of amides is 3. The number of hydrogen-bond acceptors (Lipinski definition) is 19. The summed E-state index contributed by atoms with van der Waals surface area (Å²) < 4.78 is 105. The van der Waals surface area contributed by atoms with Gasteiger partial charge in [0.05, 0.1) is 23.6 Å². The molecule has 472 valence electrons. The van der Waals surface area contributed by atoms with E-state index in [1.54, 1.807) is 48.8 Å². The number of nitrogens with one attached hydrogen (secondary N) is 3. The van der Waals surface area contributed by atoms with Crippen LogP contribution in [0.4, 0.5) is 58.7 Å². The number of nitrogens with two attached hydrogens (primary N) is 2. The molecule has 0 spiro atoms. The Bertz CT molecular complexity index is 3760. The highest BCUT2D eigenvalue weighted by atomic mass is 35.5. The van der Waals surface area contributed by atoms with Crippen LogP contribution >= 0.6 is 25.9 Å². The minimum Gasteiger partial charge on any atom is -0.480 e. The second-order valence-corrected chi connectivity index (χ2v) is 18.8. The first-order valence-corrected chi connectivity index (χ1v) is 26.2. The van der Waals surface area contributed by atoms with Crippen molar-refractivity contribution < 1.29 is 69.0 Å². The van der Waals surface area contributed by atoms with Gasteiger partial charge in [-0.25, -0.2) is 28.7 Å². The van der Waals surface area contributed by atoms with Crippen LogP contribution in [0.5, 0.6) is 0 Å². The fraction of sp³-hybridized carbons (Fsp3) is 0.333. The van der Waals surface area contributed by atoms with Gasteiger partial charge in [-0.1, -0.05) is 19.6 Å². The van der Waals surface area contributed by atoms with Crippen LogP contribution in [0.2, 0.25) is 0 Å². The quantitative estimate of drug-likeness (QED) is 0.0519. The summed E-state index contributed by atoms with van der Waals surface area (Å²) in [5.41, 5.74) is 15.3. The highest BCUT2D eigenvalue weighted by molar-refractivity contribution is 8.07. The summed E-state index contributed by atoms with van der Waals surface area (Å²) in [6.07, 6.45) is -3.34. The van der Waals surface area contributed by atoms with E-state index < -0.39 is 80.1 Å². The first kappa shape index (κ1) is 71.7.